The molecule has 0 aliphatic rings. The maximum Gasteiger partial charge on any atom is 0.0529 e. The maximum atomic E-state index is 4.64. The molecule has 0 unspecified atom stereocenters. The summed E-state index contributed by atoms with van der Waals surface area (Å²) in [5.41, 5.74) is 4.95. The predicted octanol–water partition coefficient (Wildman–Crippen LogP) is 4.73. The molecule has 3 aromatic rings. The van der Waals surface area contributed by atoms with Gasteiger partial charge in [-0.25, -0.2) is 0 Å². The van der Waals surface area contributed by atoms with E-state index in [0.29, 0.717) is 0 Å². The van der Waals surface area contributed by atoms with E-state index in [9.17, 15) is 0 Å². The van der Waals surface area contributed by atoms with Crippen molar-refractivity contribution < 1.29 is 0 Å². The molecule has 124 valence electrons. The summed E-state index contributed by atoms with van der Waals surface area (Å²) in [5.74, 6) is 0. The first kappa shape index (κ1) is 18.0. The van der Waals surface area contributed by atoms with Gasteiger partial charge >= 0.3 is 0 Å². The SMILES string of the molecule is CCl.c1cncc(CCc2ccc(CNc3cccnc3)cc2)c1. The maximum absolute atomic E-state index is 4.64. The fraction of sp³-hybridized carbons (Fsp3) is 0.200. The van der Waals surface area contributed by atoms with Gasteiger partial charge in [0.2, 0.25) is 0 Å². The van der Waals surface area contributed by atoms with Gasteiger partial charge in [-0.15, -0.1) is 11.6 Å². The molecule has 0 radical (unpaired) electrons. The summed E-state index contributed by atoms with van der Waals surface area (Å²) >= 11 is 4.64. The monoisotopic (exact) mass is 339 g/mol. The van der Waals surface area contributed by atoms with Crippen LogP contribution in [0.5, 0.6) is 0 Å². The highest BCUT2D eigenvalue weighted by Crippen LogP contribution is 2.11. The smallest absolute Gasteiger partial charge is 0.0529 e. The molecule has 0 atom stereocenters. The van der Waals surface area contributed by atoms with Gasteiger partial charge in [0.1, 0.15) is 0 Å². The Kier molecular flexibility index (Phi) is 7.78. The molecule has 0 fully saturated rings. The van der Waals surface area contributed by atoms with Crippen LogP contribution in [0.1, 0.15) is 16.7 Å². The predicted molar refractivity (Wildman–Crippen MR) is 101 cm³/mol. The topological polar surface area (TPSA) is 37.8 Å². The molecule has 3 nitrogen and oxygen atoms in total. The van der Waals surface area contributed by atoms with Crippen LogP contribution in [-0.2, 0) is 19.4 Å². The Morgan fingerprint density at radius 3 is 2.00 bits per heavy atom. The van der Waals surface area contributed by atoms with E-state index >= 15 is 0 Å². The van der Waals surface area contributed by atoms with Crippen LogP contribution in [0.15, 0.2) is 73.3 Å². The Bertz CT molecular complexity index is 623. The van der Waals surface area contributed by atoms with Gasteiger partial charge < -0.3 is 5.32 Å². The zero-order chi connectivity index (χ0) is 17.0. The summed E-state index contributed by atoms with van der Waals surface area (Å²) in [4.78, 5) is 8.25. The van der Waals surface area contributed by atoms with E-state index in [-0.39, 0.29) is 0 Å². The minimum atomic E-state index is 0.814. The first-order valence-electron chi connectivity index (χ1n) is 7.88. The van der Waals surface area contributed by atoms with Crippen LogP contribution in [-0.4, -0.2) is 16.4 Å². The quantitative estimate of drug-likeness (QED) is 0.660. The fourth-order valence-electron chi connectivity index (χ4n) is 2.33. The second kappa shape index (κ2) is 10.4. The molecule has 24 heavy (non-hydrogen) atoms. The number of benzene rings is 1. The van der Waals surface area contributed by atoms with E-state index in [4.69, 9.17) is 0 Å². The summed E-state index contributed by atoms with van der Waals surface area (Å²) in [6, 6.07) is 16.8. The lowest BCUT2D eigenvalue weighted by molar-refractivity contribution is 0.947. The lowest BCUT2D eigenvalue weighted by Gasteiger charge is -2.07. The van der Waals surface area contributed by atoms with Crippen molar-refractivity contribution in [2.75, 3.05) is 11.7 Å². The first-order chi connectivity index (χ1) is 11.9. The molecule has 0 aliphatic carbocycles. The molecule has 0 spiro atoms. The van der Waals surface area contributed by atoms with E-state index in [2.05, 4.69) is 57.2 Å². The molecule has 3 rings (SSSR count). The van der Waals surface area contributed by atoms with Crippen LogP contribution in [0.3, 0.4) is 0 Å². The largest absolute Gasteiger partial charge is 0.380 e. The lowest BCUT2D eigenvalue weighted by atomic mass is 10.0. The molecule has 0 saturated carbocycles. The summed E-state index contributed by atoms with van der Waals surface area (Å²) in [7, 11) is 0. The van der Waals surface area contributed by atoms with Crippen LogP contribution in [0, 0.1) is 0 Å². The minimum Gasteiger partial charge on any atom is -0.380 e. The number of halogens is 1. The van der Waals surface area contributed by atoms with Crippen molar-refractivity contribution in [3.63, 3.8) is 0 Å². The number of nitrogens with zero attached hydrogens (tertiary/aromatic N) is 2. The lowest BCUT2D eigenvalue weighted by Crippen LogP contribution is -2.00. The second-order valence-electron chi connectivity index (χ2n) is 5.27. The number of nitrogens with one attached hydrogen (secondary N) is 1. The van der Waals surface area contributed by atoms with Gasteiger partial charge in [0.25, 0.3) is 0 Å². The number of pyridine rings is 2. The molecule has 2 heterocycles. The number of anilines is 1. The Labute approximate surface area is 148 Å². The Morgan fingerprint density at radius 1 is 0.750 bits per heavy atom. The average Bonchev–Trinajstić information content (AvgIpc) is 2.69. The zero-order valence-electron chi connectivity index (χ0n) is 13.8. The second-order valence-corrected chi connectivity index (χ2v) is 5.27. The third kappa shape index (κ3) is 6.01. The number of aryl methyl sites for hydroxylation is 2. The molecule has 0 amide bonds. The summed E-state index contributed by atoms with van der Waals surface area (Å²) in [6.07, 6.45) is 10.9. The number of aromatic nitrogens is 2. The summed E-state index contributed by atoms with van der Waals surface area (Å²) in [6.45, 7) is 0.814. The molecule has 1 aromatic carbocycles. The number of hydrogen-bond acceptors (Lipinski definition) is 3. The van der Waals surface area contributed by atoms with E-state index in [1.807, 2.05) is 36.8 Å². The average molecular weight is 340 g/mol. The van der Waals surface area contributed by atoms with Crippen molar-refractivity contribution in [3.8, 4) is 0 Å². The molecule has 2 aromatic heterocycles. The third-order valence-corrected chi connectivity index (χ3v) is 3.61. The number of hydrogen-bond donors (Lipinski definition) is 1. The van der Waals surface area contributed by atoms with Crippen molar-refractivity contribution in [3.05, 3.63) is 90.0 Å². The Morgan fingerprint density at radius 2 is 1.38 bits per heavy atom. The highest BCUT2D eigenvalue weighted by atomic mass is 35.5. The van der Waals surface area contributed by atoms with Crippen molar-refractivity contribution in [2.24, 2.45) is 0 Å². The summed E-state index contributed by atoms with van der Waals surface area (Å²) in [5, 5.41) is 3.37. The summed E-state index contributed by atoms with van der Waals surface area (Å²) < 4.78 is 0. The van der Waals surface area contributed by atoms with Crippen molar-refractivity contribution >= 4 is 17.3 Å². The van der Waals surface area contributed by atoms with E-state index in [1.54, 1.807) is 6.20 Å². The van der Waals surface area contributed by atoms with Crippen LogP contribution in [0.4, 0.5) is 5.69 Å². The zero-order valence-corrected chi connectivity index (χ0v) is 14.6. The minimum absolute atomic E-state index is 0.814. The number of alkyl halides is 1. The standard InChI is InChI=1S/C19H19N3.CH3Cl/c1-3-17(13-20-11-1)8-5-16-6-9-18(10-7-16)14-22-19-4-2-12-21-15-19;1-2/h1-4,6-7,9-13,15,22H,5,8,14H2;1H3. The third-order valence-electron chi connectivity index (χ3n) is 3.61. The Balaban J connectivity index is 0.00000100. The molecule has 0 bridgehead atoms. The van der Waals surface area contributed by atoms with E-state index in [1.165, 1.54) is 23.1 Å². The highest BCUT2D eigenvalue weighted by molar-refractivity contribution is 6.15. The van der Waals surface area contributed by atoms with Gasteiger partial charge in [0, 0.05) is 37.7 Å². The van der Waals surface area contributed by atoms with Gasteiger partial charge in [-0.05, 0) is 47.7 Å². The van der Waals surface area contributed by atoms with E-state index < -0.39 is 0 Å². The molecular formula is C20H22ClN3. The molecule has 0 saturated heterocycles. The molecular weight excluding hydrogens is 318 g/mol. The molecule has 4 heteroatoms. The Hall–Kier alpha value is -2.39. The van der Waals surface area contributed by atoms with Crippen LogP contribution in [0.2, 0.25) is 0 Å². The first-order valence-corrected chi connectivity index (χ1v) is 8.64. The van der Waals surface area contributed by atoms with E-state index in [0.717, 1.165) is 25.1 Å². The van der Waals surface area contributed by atoms with Crippen LogP contribution >= 0.6 is 11.6 Å². The molecule has 0 aliphatic heterocycles. The normalized spacial score (nSPS) is 9.75. The van der Waals surface area contributed by atoms with Gasteiger partial charge in [-0.3, -0.25) is 9.97 Å². The van der Waals surface area contributed by atoms with Crippen molar-refractivity contribution in [1.82, 2.24) is 9.97 Å². The highest BCUT2D eigenvalue weighted by Gasteiger charge is 1.98. The van der Waals surface area contributed by atoms with Crippen LogP contribution in [0.25, 0.3) is 0 Å². The van der Waals surface area contributed by atoms with Crippen molar-refractivity contribution in [2.45, 2.75) is 19.4 Å². The van der Waals surface area contributed by atoms with Gasteiger partial charge in [0.15, 0.2) is 0 Å². The van der Waals surface area contributed by atoms with Crippen molar-refractivity contribution in [1.29, 1.82) is 0 Å². The van der Waals surface area contributed by atoms with Gasteiger partial charge in [-0.2, -0.15) is 0 Å². The van der Waals surface area contributed by atoms with Crippen LogP contribution < -0.4 is 5.32 Å². The van der Waals surface area contributed by atoms with Gasteiger partial charge in [-0.1, -0.05) is 30.3 Å². The van der Waals surface area contributed by atoms with Gasteiger partial charge in [0.05, 0.1) is 5.69 Å². The number of rotatable bonds is 6. The fourth-order valence-corrected chi connectivity index (χ4v) is 2.33. The molecule has 1 N–H and O–H groups in total.